The third kappa shape index (κ3) is 3.94. The van der Waals surface area contributed by atoms with Crippen molar-refractivity contribution in [3.05, 3.63) is 59.7 Å². The van der Waals surface area contributed by atoms with Crippen LogP contribution in [0.1, 0.15) is 23.6 Å². The van der Waals surface area contributed by atoms with Gasteiger partial charge in [-0.05, 0) is 29.7 Å². The molecule has 0 spiro atoms. The fourth-order valence-electron chi connectivity index (χ4n) is 4.27. The summed E-state index contributed by atoms with van der Waals surface area (Å²) >= 11 is 0. The van der Waals surface area contributed by atoms with Crippen molar-refractivity contribution in [1.29, 1.82) is 0 Å². The van der Waals surface area contributed by atoms with E-state index in [1.54, 1.807) is 0 Å². The number of hydrogen-bond acceptors (Lipinski definition) is 6. The first-order valence-corrected chi connectivity index (χ1v) is 10.2. The van der Waals surface area contributed by atoms with E-state index in [9.17, 15) is 4.79 Å². The van der Waals surface area contributed by atoms with E-state index < -0.39 is 0 Å². The summed E-state index contributed by atoms with van der Waals surface area (Å²) < 4.78 is 10.8. The Morgan fingerprint density at radius 1 is 0.966 bits per heavy atom. The van der Waals surface area contributed by atoms with Crippen LogP contribution in [0, 0.1) is 0 Å². The summed E-state index contributed by atoms with van der Waals surface area (Å²) in [6.45, 7) is 4.44. The summed E-state index contributed by atoms with van der Waals surface area (Å²) in [5.41, 5.74) is 8.89. The molecule has 3 aliphatic heterocycles. The molecule has 0 bridgehead atoms. The smallest absolute Gasteiger partial charge is 0.241 e. The highest BCUT2D eigenvalue weighted by atomic mass is 16.7. The van der Waals surface area contributed by atoms with Crippen LogP contribution in [0.5, 0.6) is 11.5 Å². The van der Waals surface area contributed by atoms with E-state index in [2.05, 4.69) is 40.0 Å². The van der Waals surface area contributed by atoms with Crippen molar-refractivity contribution in [2.24, 2.45) is 0 Å². The maximum atomic E-state index is 12.9. The third-order valence-electron chi connectivity index (χ3n) is 5.93. The second-order valence-corrected chi connectivity index (χ2v) is 7.83. The molecule has 7 heteroatoms. The Morgan fingerprint density at radius 2 is 1.76 bits per heavy atom. The summed E-state index contributed by atoms with van der Waals surface area (Å²) in [6.07, 6.45) is 0.778. The van der Waals surface area contributed by atoms with E-state index >= 15 is 0 Å². The summed E-state index contributed by atoms with van der Waals surface area (Å²) in [7, 11) is 0. The highest BCUT2D eigenvalue weighted by Gasteiger charge is 2.34. The molecule has 29 heavy (non-hydrogen) atoms. The van der Waals surface area contributed by atoms with Gasteiger partial charge < -0.3 is 14.4 Å². The topological polar surface area (TPSA) is 66.1 Å². The van der Waals surface area contributed by atoms with Crippen LogP contribution in [0.4, 0.5) is 0 Å². The zero-order valence-corrected chi connectivity index (χ0v) is 16.3. The van der Waals surface area contributed by atoms with Crippen molar-refractivity contribution in [3.63, 3.8) is 0 Å². The monoisotopic (exact) mass is 394 g/mol. The molecule has 2 aromatic carbocycles. The van der Waals surface area contributed by atoms with Crippen molar-refractivity contribution in [2.45, 2.75) is 25.0 Å². The summed E-state index contributed by atoms with van der Waals surface area (Å²) in [6, 6.07) is 16.4. The molecular formula is C22H26N4O3. The minimum absolute atomic E-state index is 0.166. The van der Waals surface area contributed by atoms with E-state index in [0.717, 1.165) is 50.6 Å². The average molecular weight is 394 g/mol. The highest BCUT2D eigenvalue weighted by molar-refractivity contribution is 5.82. The first-order valence-electron chi connectivity index (χ1n) is 10.2. The van der Waals surface area contributed by atoms with Crippen LogP contribution in [0.3, 0.4) is 0 Å². The van der Waals surface area contributed by atoms with Crippen LogP contribution in [0.2, 0.25) is 0 Å². The SMILES string of the molecule is O=C(C1CC(c2ccccc2)NN1)N1CCN(Cc2ccc3c(c2)OCO3)CC1. The molecule has 2 atom stereocenters. The predicted octanol–water partition coefficient (Wildman–Crippen LogP) is 1.67. The lowest BCUT2D eigenvalue weighted by atomic mass is 10.0. The number of hydrazine groups is 1. The first kappa shape index (κ1) is 18.4. The van der Waals surface area contributed by atoms with Crippen LogP contribution in [-0.2, 0) is 11.3 Å². The van der Waals surface area contributed by atoms with Crippen molar-refractivity contribution >= 4 is 5.91 Å². The van der Waals surface area contributed by atoms with E-state index in [4.69, 9.17) is 9.47 Å². The van der Waals surface area contributed by atoms with Gasteiger partial charge in [0.1, 0.15) is 6.04 Å². The molecular weight excluding hydrogens is 368 g/mol. The normalized spacial score (nSPS) is 24.1. The lowest BCUT2D eigenvalue weighted by molar-refractivity contribution is -0.135. The van der Waals surface area contributed by atoms with Gasteiger partial charge in [-0.15, -0.1) is 0 Å². The highest BCUT2D eigenvalue weighted by Crippen LogP contribution is 2.33. The molecule has 2 aromatic rings. The quantitative estimate of drug-likeness (QED) is 0.823. The maximum absolute atomic E-state index is 12.9. The van der Waals surface area contributed by atoms with Gasteiger partial charge in [0.2, 0.25) is 12.7 Å². The molecule has 7 nitrogen and oxygen atoms in total. The molecule has 0 saturated carbocycles. The number of hydrogen-bond donors (Lipinski definition) is 2. The molecule has 1 amide bonds. The number of rotatable bonds is 4. The van der Waals surface area contributed by atoms with Gasteiger partial charge >= 0.3 is 0 Å². The van der Waals surface area contributed by atoms with Gasteiger partial charge in [0.15, 0.2) is 11.5 Å². The Balaban J connectivity index is 1.12. The number of piperazine rings is 1. The maximum Gasteiger partial charge on any atom is 0.241 e. The Morgan fingerprint density at radius 3 is 2.59 bits per heavy atom. The van der Waals surface area contributed by atoms with Crippen LogP contribution in [0.15, 0.2) is 48.5 Å². The standard InChI is InChI=1S/C22H26N4O3/c27-22(19-13-18(23-24-19)17-4-2-1-3-5-17)26-10-8-25(9-11-26)14-16-6-7-20-21(12-16)29-15-28-20/h1-7,12,18-19,23-24H,8-11,13-15H2. The predicted molar refractivity (Wildman–Crippen MR) is 108 cm³/mol. The molecule has 0 aromatic heterocycles. The van der Waals surface area contributed by atoms with E-state index in [1.165, 1.54) is 11.1 Å². The number of carbonyl (C=O) groups excluding carboxylic acids is 1. The number of fused-ring (bicyclic) bond motifs is 1. The van der Waals surface area contributed by atoms with Gasteiger partial charge in [-0.1, -0.05) is 36.4 Å². The minimum Gasteiger partial charge on any atom is -0.454 e. The first-order chi connectivity index (χ1) is 14.3. The van der Waals surface area contributed by atoms with Gasteiger partial charge in [-0.3, -0.25) is 9.69 Å². The number of ether oxygens (including phenoxy) is 2. The fraction of sp³-hybridized carbons (Fsp3) is 0.409. The van der Waals surface area contributed by atoms with Crippen LogP contribution < -0.4 is 20.3 Å². The Labute approximate surface area is 170 Å². The van der Waals surface area contributed by atoms with Gasteiger partial charge in [0, 0.05) is 38.8 Å². The molecule has 0 aliphatic carbocycles. The fourth-order valence-corrected chi connectivity index (χ4v) is 4.27. The van der Waals surface area contributed by atoms with Crippen LogP contribution >= 0.6 is 0 Å². The summed E-state index contributed by atoms with van der Waals surface area (Å²) in [5, 5.41) is 0. The second-order valence-electron chi connectivity index (χ2n) is 7.83. The molecule has 5 rings (SSSR count). The van der Waals surface area contributed by atoms with E-state index in [1.807, 2.05) is 29.2 Å². The zero-order chi connectivity index (χ0) is 19.6. The number of amides is 1. The number of nitrogens with zero attached hydrogens (tertiary/aromatic N) is 2. The number of benzene rings is 2. The van der Waals surface area contributed by atoms with Crippen molar-refractivity contribution < 1.29 is 14.3 Å². The second kappa shape index (κ2) is 8.02. The van der Waals surface area contributed by atoms with Gasteiger partial charge in [0.25, 0.3) is 0 Å². The Hall–Kier alpha value is -2.61. The molecule has 3 heterocycles. The number of carbonyl (C=O) groups is 1. The molecule has 3 aliphatic rings. The van der Waals surface area contributed by atoms with Crippen molar-refractivity contribution in [1.82, 2.24) is 20.7 Å². The Bertz CT molecular complexity index is 868. The molecule has 2 fully saturated rings. The minimum atomic E-state index is -0.166. The van der Waals surface area contributed by atoms with Crippen molar-refractivity contribution in [3.8, 4) is 11.5 Å². The number of nitrogens with one attached hydrogen (secondary N) is 2. The van der Waals surface area contributed by atoms with Crippen molar-refractivity contribution in [2.75, 3.05) is 33.0 Å². The van der Waals surface area contributed by atoms with E-state index in [-0.39, 0.29) is 18.0 Å². The van der Waals surface area contributed by atoms with Crippen LogP contribution in [0.25, 0.3) is 0 Å². The average Bonchev–Trinajstić information content (AvgIpc) is 3.44. The largest absolute Gasteiger partial charge is 0.454 e. The molecule has 0 radical (unpaired) electrons. The molecule has 2 N–H and O–H groups in total. The zero-order valence-electron chi connectivity index (χ0n) is 16.3. The van der Waals surface area contributed by atoms with Gasteiger partial charge in [0.05, 0.1) is 0 Å². The summed E-state index contributed by atoms with van der Waals surface area (Å²) in [5.74, 6) is 1.83. The molecule has 2 unspecified atom stereocenters. The molecule has 2 saturated heterocycles. The van der Waals surface area contributed by atoms with Gasteiger partial charge in [-0.2, -0.15) is 0 Å². The lowest BCUT2D eigenvalue weighted by Crippen LogP contribution is -2.53. The molecule has 152 valence electrons. The van der Waals surface area contributed by atoms with Crippen LogP contribution in [-0.4, -0.2) is 54.7 Å². The Kier molecular flexibility index (Phi) is 5.10. The summed E-state index contributed by atoms with van der Waals surface area (Å²) in [4.78, 5) is 17.3. The van der Waals surface area contributed by atoms with Gasteiger partial charge in [-0.25, -0.2) is 10.9 Å². The lowest BCUT2D eigenvalue weighted by Gasteiger charge is -2.35. The third-order valence-corrected chi connectivity index (χ3v) is 5.93. The van der Waals surface area contributed by atoms with E-state index in [0.29, 0.717) is 6.79 Å².